The topological polar surface area (TPSA) is 66.2 Å². The monoisotopic (exact) mass is 125 g/mol. The van der Waals surface area contributed by atoms with E-state index in [1.165, 1.54) is 0 Å². The fourth-order valence-corrected chi connectivity index (χ4v) is 0. The van der Waals surface area contributed by atoms with Gasteiger partial charge in [-0.05, 0) is 0 Å². The third-order valence-electron chi connectivity index (χ3n) is 0. The Balaban J connectivity index is -0.0000000450. The summed E-state index contributed by atoms with van der Waals surface area (Å²) in [4.78, 5) is 8.25. The van der Waals surface area contributed by atoms with Gasteiger partial charge in [-0.15, -0.1) is 0 Å². The van der Waals surface area contributed by atoms with Crippen LogP contribution in [0.15, 0.2) is 0 Å². The van der Waals surface area contributed by atoms with Crippen LogP contribution in [0.5, 0.6) is 0 Å². The summed E-state index contributed by atoms with van der Waals surface area (Å²) in [6.07, 6.45) is 0. The van der Waals surface area contributed by atoms with Crippen LogP contribution in [0.3, 0.4) is 0 Å². The quantitative estimate of drug-likeness (QED) is 0.194. The van der Waals surface area contributed by atoms with E-state index in [1.54, 1.807) is 0 Å². The third kappa shape index (κ3) is 51.0. The Morgan fingerprint density at radius 2 is 1.33 bits per heavy atom. The van der Waals surface area contributed by atoms with Crippen LogP contribution in [0.1, 0.15) is 0 Å². The average Bonchev–Trinajstić information content (AvgIpc) is 0.811. The van der Waals surface area contributed by atoms with Crippen molar-refractivity contribution < 1.29 is 72.4 Å². The Hall–Kier alpha value is 1.46. The van der Waals surface area contributed by atoms with Gasteiger partial charge >= 0.3 is 29.6 Å². The molecule has 0 radical (unpaired) electrons. The molecule has 0 saturated carbocycles. The smallest absolute Gasteiger partial charge is 0.356 e. The molecular formula is ArNNaO3. The van der Waals surface area contributed by atoms with Crippen molar-refractivity contribution in [3.63, 3.8) is 0 Å². The first-order chi connectivity index (χ1) is 1.73. The fraction of sp³-hybridized carbons (Fsp3) is 0. The molecule has 0 rings (SSSR count). The standard InChI is InChI=1S/Ar.NO3.Na/c;2-1(3)4;/q;-1;+1. The van der Waals surface area contributed by atoms with Crippen molar-refractivity contribution in [1.29, 1.82) is 0 Å². The van der Waals surface area contributed by atoms with E-state index in [0.717, 1.165) is 0 Å². The second-order valence-corrected chi connectivity index (χ2v) is 0.224. The molecule has 0 N–H and O–H groups in total. The normalized spacial score (nSPS) is 4.00. The number of hydrogen-bond donors (Lipinski definition) is 0. The Morgan fingerprint density at radius 3 is 1.33 bits per heavy atom. The van der Waals surface area contributed by atoms with E-state index in [0.29, 0.717) is 0 Å². The van der Waals surface area contributed by atoms with Crippen LogP contribution < -0.4 is 29.6 Å². The Bertz CT molecular complexity index is 33.8. The molecule has 0 heterocycles. The van der Waals surface area contributed by atoms with Gasteiger partial charge in [0.25, 0.3) is 0 Å². The van der Waals surface area contributed by atoms with Gasteiger partial charge < -0.3 is 15.3 Å². The first-order valence-electron chi connectivity index (χ1n) is 0.548. The van der Waals surface area contributed by atoms with Crippen LogP contribution in [0.2, 0.25) is 0 Å². The molecule has 0 unspecified atom stereocenters. The minimum Gasteiger partial charge on any atom is -0.356 e. The van der Waals surface area contributed by atoms with Gasteiger partial charge in [-0.3, -0.25) is 0 Å². The zero-order valence-electron chi connectivity index (χ0n) is 3.03. The molecule has 0 aliphatic rings. The van der Waals surface area contributed by atoms with Crippen LogP contribution in [-0.4, -0.2) is 5.09 Å². The second-order valence-electron chi connectivity index (χ2n) is 0.224. The minimum absolute atomic E-state index is 0. The molecule has 0 fully saturated rings. The van der Waals surface area contributed by atoms with E-state index in [-0.39, 0.29) is 67.3 Å². The van der Waals surface area contributed by atoms with Gasteiger partial charge in [0.05, 0.1) is 5.09 Å². The van der Waals surface area contributed by atoms with Crippen LogP contribution in [0.25, 0.3) is 0 Å². The van der Waals surface area contributed by atoms with Crippen molar-refractivity contribution >= 4 is 0 Å². The summed E-state index contributed by atoms with van der Waals surface area (Å²) in [5.41, 5.74) is 0. The number of nitrogens with zero attached hydrogens (tertiary/aromatic N) is 1. The first kappa shape index (κ1) is 15.7. The molecule has 0 aromatic rings. The summed E-state index contributed by atoms with van der Waals surface area (Å²) in [6.45, 7) is 0. The van der Waals surface area contributed by atoms with Gasteiger partial charge in [-0.1, -0.05) is 0 Å². The maximum atomic E-state index is 8.25. The van der Waals surface area contributed by atoms with Gasteiger partial charge in [0.15, 0.2) is 0 Å². The summed E-state index contributed by atoms with van der Waals surface area (Å²) in [6, 6.07) is 0. The second kappa shape index (κ2) is 9.68. The van der Waals surface area contributed by atoms with Crippen molar-refractivity contribution in [3.05, 3.63) is 15.3 Å². The molecule has 0 bridgehead atoms. The maximum absolute atomic E-state index is 8.25. The van der Waals surface area contributed by atoms with Gasteiger partial charge in [-0.2, -0.15) is 0 Å². The summed E-state index contributed by atoms with van der Waals surface area (Å²) < 4.78 is 0. The van der Waals surface area contributed by atoms with Crippen LogP contribution in [0, 0.1) is 53.1 Å². The predicted molar refractivity (Wildman–Crippen MR) is 10.4 cm³/mol. The predicted octanol–water partition coefficient (Wildman–Crippen LogP) is -3.24. The molecule has 32 valence electrons. The summed E-state index contributed by atoms with van der Waals surface area (Å²) >= 11 is 0. The molecule has 0 saturated heterocycles. The Labute approximate surface area is 86.3 Å². The Morgan fingerprint density at radius 1 is 1.33 bits per heavy atom. The van der Waals surface area contributed by atoms with Gasteiger partial charge in [-0.25, -0.2) is 0 Å². The van der Waals surface area contributed by atoms with Crippen molar-refractivity contribution in [3.8, 4) is 0 Å². The summed E-state index contributed by atoms with van der Waals surface area (Å²) in [5, 5.41) is 14.8. The van der Waals surface area contributed by atoms with Gasteiger partial charge in [0.2, 0.25) is 0 Å². The van der Waals surface area contributed by atoms with Crippen molar-refractivity contribution in [2.24, 2.45) is 0 Å². The molecule has 0 aromatic heterocycles. The first-order valence-corrected chi connectivity index (χ1v) is 0.548. The third-order valence-corrected chi connectivity index (χ3v) is 0. The average molecular weight is 125 g/mol. The number of rotatable bonds is 0. The summed E-state index contributed by atoms with van der Waals surface area (Å²) in [7, 11) is 0. The minimum atomic E-state index is -1.75. The molecule has 0 amide bonds. The van der Waals surface area contributed by atoms with E-state index in [9.17, 15) is 0 Å². The van der Waals surface area contributed by atoms with Gasteiger partial charge in [0.1, 0.15) is 0 Å². The van der Waals surface area contributed by atoms with E-state index in [1.807, 2.05) is 0 Å². The molecule has 0 aromatic carbocycles. The van der Waals surface area contributed by atoms with E-state index < -0.39 is 5.09 Å². The van der Waals surface area contributed by atoms with E-state index >= 15 is 0 Å². The molecule has 0 spiro atoms. The fourth-order valence-electron chi connectivity index (χ4n) is 0. The van der Waals surface area contributed by atoms with Crippen molar-refractivity contribution in [2.45, 2.75) is 0 Å². The molecule has 0 aliphatic carbocycles. The van der Waals surface area contributed by atoms with Gasteiger partial charge in [0, 0.05) is 37.7 Å². The molecule has 4 nitrogen and oxygen atoms in total. The Kier molecular flexibility index (Phi) is 25.3. The number of hydrogen-bond acceptors (Lipinski definition) is 3. The van der Waals surface area contributed by atoms with Crippen molar-refractivity contribution in [2.75, 3.05) is 0 Å². The zero-order chi connectivity index (χ0) is 3.58. The van der Waals surface area contributed by atoms with E-state index in [4.69, 9.17) is 15.3 Å². The van der Waals surface area contributed by atoms with Crippen LogP contribution in [0.4, 0.5) is 0 Å². The molecule has 6 heavy (non-hydrogen) atoms. The van der Waals surface area contributed by atoms with Crippen LogP contribution in [-0.2, 0) is 0 Å². The molecular weight excluding hydrogens is 125 g/mol. The SMILES string of the molecule is O=[N+]([O-])[O-].[Ar].[Na+]. The molecule has 0 aliphatic heterocycles. The molecule has 0 atom stereocenters. The maximum Gasteiger partial charge on any atom is 1.00 e. The van der Waals surface area contributed by atoms with Crippen LogP contribution >= 0.6 is 0 Å². The largest absolute Gasteiger partial charge is 1.00 e. The molecule has 6 heteroatoms. The summed E-state index contributed by atoms with van der Waals surface area (Å²) in [5.74, 6) is 0. The zero-order valence-corrected chi connectivity index (χ0v) is 5.73. The van der Waals surface area contributed by atoms with Crippen molar-refractivity contribution in [1.82, 2.24) is 0 Å². The van der Waals surface area contributed by atoms with E-state index in [2.05, 4.69) is 0 Å².